The van der Waals surface area contributed by atoms with Gasteiger partial charge in [0.15, 0.2) is 0 Å². The van der Waals surface area contributed by atoms with Crippen LogP contribution in [0.4, 0.5) is 0 Å². The number of allylic oxidation sites excluding steroid dienone is 5. The summed E-state index contributed by atoms with van der Waals surface area (Å²) >= 11 is 0. The maximum atomic E-state index is 8.57. The number of unbranched alkanes of at least 4 members (excludes halogenated alkanes) is 2. The smallest absolute Gasteiger partial charge is 0.0465 e. The van der Waals surface area contributed by atoms with Gasteiger partial charge in [-0.1, -0.05) is 57.2 Å². The van der Waals surface area contributed by atoms with E-state index < -0.39 is 0 Å². The molecule has 0 aromatic heterocycles. The minimum atomic E-state index is 0.256. The molecule has 0 fully saturated rings. The predicted molar refractivity (Wildman–Crippen MR) is 77.0 cm³/mol. The zero-order valence-electron chi connectivity index (χ0n) is 11.7. The highest BCUT2D eigenvalue weighted by atomic mass is 16.2. The molecule has 1 nitrogen and oxygen atoms in total. The summed E-state index contributed by atoms with van der Waals surface area (Å²) in [4.78, 5) is 0. The molecular weight excluding hydrogens is 208 g/mol. The van der Waals surface area contributed by atoms with Crippen molar-refractivity contribution in [3.63, 3.8) is 0 Å². The van der Waals surface area contributed by atoms with E-state index in [0.29, 0.717) is 5.41 Å². The summed E-state index contributed by atoms with van der Waals surface area (Å²) in [5.41, 5.74) is 0.307. The number of hydrogen-bond donors (Lipinski definition) is 1. The Bertz CT molecular complexity index is 241. The molecule has 0 saturated heterocycles. The van der Waals surface area contributed by atoms with Crippen molar-refractivity contribution in [2.45, 2.75) is 52.9 Å². The first-order valence-electron chi connectivity index (χ1n) is 6.65. The first-order valence-corrected chi connectivity index (χ1v) is 6.65. The Labute approximate surface area is 107 Å². The predicted octanol–water partition coefficient (Wildman–Crippen LogP) is 4.64. The van der Waals surface area contributed by atoms with Crippen molar-refractivity contribution in [3.8, 4) is 0 Å². The van der Waals surface area contributed by atoms with Crippen LogP contribution in [0.1, 0.15) is 52.9 Å². The van der Waals surface area contributed by atoms with Gasteiger partial charge in [0.1, 0.15) is 0 Å². The van der Waals surface area contributed by atoms with Crippen molar-refractivity contribution in [1.29, 1.82) is 0 Å². The number of aliphatic hydroxyl groups is 1. The van der Waals surface area contributed by atoms with Gasteiger partial charge in [0, 0.05) is 6.61 Å². The van der Waals surface area contributed by atoms with Crippen molar-refractivity contribution < 1.29 is 5.11 Å². The monoisotopic (exact) mass is 236 g/mol. The molecule has 17 heavy (non-hydrogen) atoms. The molecule has 0 unspecified atom stereocenters. The van der Waals surface area contributed by atoms with Crippen LogP contribution in [0.15, 0.2) is 36.5 Å². The molecule has 0 saturated carbocycles. The largest absolute Gasteiger partial charge is 0.396 e. The van der Waals surface area contributed by atoms with Crippen LogP contribution in [-0.2, 0) is 0 Å². The van der Waals surface area contributed by atoms with Crippen molar-refractivity contribution in [2.75, 3.05) is 6.61 Å². The van der Waals surface area contributed by atoms with E-state index in [9.17, 15) is 0 Å². The number of aliphatic hydroxyl groups excluding tert-OH is 1. The molecule has 0 atom stereocenters. The van der Waals surface area contributed by atoms with E-state index in [0.717, 1.165) is 32.1 Å². The van der Waals surface area contributed by atoms with E-state index in [4.69, 9.17) is 5.11 Å². The molecule has 0 aliphatic carbocycles. The molecule has 0 aromatic carbocycles. The van der Waals surface area contributed by atoms with Crippen molar-refractivity contribution in [2.24, 2.45) is 5.41 Å². The highest BCUT2D eigenvalue weighted by molar-refractivity contribution is 4.94. The lowest BCUT2D eigenvalue weighted by atomic mass is 9.96. The summed E-state index contributed by atoms with van der Waals surface area (Å²) in [7, 11) is 0. The molecule has 0 aliphatic rings. The molecule has 0 bridgehead atoms. The summed E-state index contributed by atoms with van der Waals surface area (Å²) in [5, 5.41) is 8.57. The number of hydrogen-bond acceptors (Lipinski definition) is 1. The standard InChI is InChI=1S/C16H28O/c1-16(2,3)14-12-10-8-6-4-5-7-9-11-13-15-17/h4,6,9,11-12,14,17H,5,7-8,10,13,15H2,1-3H3. The lowest BCUT2D eigenvalue weighted by molar-refractivity contribution is 0.302. The van der Waals surface area contributed by atoms with Crippen LogP contribution in [0.3, 0.4) is 0 Å². The molecule has 0 aromatic rings. The lowest BCUT2D eigenvalue weighted by Crippen LogP contribution is -1.97. The SMILES string of the molecule is CC(C)(C)C=CCCC=CCCC=CCCO. The van der Waals surface area contributed by atoms with Gasteiger partial charge >= 0.3 is 0 Å². The molecule has 0 amide bonds. The van der Waals surface area contributed by atoms with E-state index in [2.05, 4.69) is 51.2 Å². The third kappa shape index (κ3) is 15.2. The second-order valence-electron chi connectivity index (χ2n) is 5.38. The molecule has 98 valence electrons. The summed E-state index contributed by atoms with van der Waals surface area (Å²) in [5.74, 6) is 0. The Morgan fingerprint density at radius 2 is 1.12 bits per heavy atom. The molecule has 0 radical (unpaired) electrons. The first kappa shape index (κ1) is 16.2. The Kier molecular flexibility index (Phi) is 9.84. The van der Waals surface area contributed by atoms with Gasteiger partial charge in [-0.2, -0.15) is 0 Å². The highest BCUT2D eigenvalue weighted by Gasteiger charge is 2.01. The van der Waals surface area contributed by atoms with Gasteiger partial charge in [-0.25, -0.2) is 0 Å². The van der Waals surface area contributed by atoms with Crippen LogP contribution >= 0.6 is 0 Å². The van der Waals surface area contributed by atoms with Crippen LogP contribution in [0.25, 0.3) is 0 Å². The lowest BCUT2D eigenvalue weighted by Gasteiger charge is -2.10. The average molecular weight is 236 g/mol. The Morgan fingerprint density at radius 3 is 1.53 bits per heavy atom. The van der Waals surface area contributed by atoms with Gasteiger partial charge in [0.2, 0.25) is 0 Å². The van der Waals surface area contributed by atoms with E-state index in [-0.39, 0.29) is 6.61 Å². The fraction of sp³-hybridized carbons (Fsp3) is 0.625. The van der Waals surface area contributed by atoms with E-state index in [1.807, 2.05) is 6.08 Å². The molecule has 1 N–H and O–H groups in total. The zero-order valence-corrected chi connectivity index (χ0v) is 11.7. The van der Waals surface area contributed by atoms with Crippen molar-refractivity contribution >= 4 is 0 Å². The molecule has 1 heteroatoms. The Hall–Kier alpha value is -0.820. The van der Waals surface area contributed by atoms with E-state index in [1.54, 1.807) is 0 Å². The van der Waals surface area contributed by atoms with Gasteiger partial charge in [0.25, 0.3) is 0 Å². The number of rotatable bonds is 8. The molecular formula is C16H28O. The maximum absolute atomic E-state index is 8.57. The highest BCUT2D eigenvalue weighted by Crippen LogP contribution is 2.15. The topological polar surface area (TPSA) is 20.2 Å². The molecule has 0 aliphatic heterocycles. The van der Waals surface area contributed by atoms with Crippen LogP contribution in [0.5, 0.6) is 0 Å². The van der Waals surface area contributed by atoms with Gasteiger partial charge < -0.3 is 5.11 Å². The van der Waals surface area contributed by atoms with Crippen LogP contribution in [0, 0.1) is 5.41 Å². The zero-order chi connectivity index (χ0) is 13.0. The fourth-order valence-electron chi connectivity index (χ4n) is 1.37. The van der Waals surface area contributed by atoms with Crippen LogP contribution < -0.4 is 0 Å². The minimum Gasteiger partial charge on any atom is -0.396 e. The van der Waals surface area contributed by atoms with Gasteiger partial charge in [-0.3, -0.25) is 0 Å². The van der Waals surface area contributed by atoms with Gasteiger partial charge in [0.05, 0.1) is 0 Å². The summed E-state index contributed by atoms with van der Waals surface area (Å²) in [6.07, 6.45) is 18.5. The van der Waals surface area contributed by atoms with E-state index >= 15 is 0 Å². The van der Waals surface area contributed by atoms with Crippen molar-refractivity contribution in [3.05, 3.63) is 36.5 Å². The van der Waals surface area contributed by atoms with Crippen LogP contribution in [0.2, 0.25) is 0 Å². The third-order valence-electron chi connectivity index (χ3n) is 2.25. The fourth-order valence-corrected chi connectivity index (χ4v) is 1.37. The third-order valence-corrected chi connectivity index (χ3v) is 2.25. The first-order chi connectivity index (χ1) is 8.06. The summed E-state index contributed by atoms with van der Waals surface area (Å²) in [6, 6.07) is 0. The van der Waals surface area contributed by atoms with E-state index in [1.165, 1.54) is 0 Å². The summed E-state index contributed by atoms with van der Waals surface area (Å²) in [6.45, 7) is 6.92. The second-order valence-corrected chi connectivity index (χ2v) is 5.38. The Morgan fingerprint density at radius 1 is 0.706 bits per heavy atom. The average Bonchev–Trinajstić information content (AvgIpc) is 2.24. The molecule has 0 heterocycles. The van der Waals surface area contributed by atoms with Crippen molar-refractivity contribution in [1.82, 2.24) is 0 Å². The maximum Gasteiger partial charge on any atom is 0.0465 e. The normalized spacial score (nSPS) is 13.4. The minimum absolute atomic E-state index is 0.256. The summed E-state index contributed by atoms with van der Waals surface area (Å²) < 4.78 is 0. The Balaban J connectivity index is 3.40. The van der Waals surface area contributed by atoms with Crippen LogP contribution in [-0.4, -0.2) is 11.7 Å². The van der Waals surface area contributed by atoms with Gasteiger partial charge in [-0.05, 0) is 37.5 Å². The quantitative estimate of drug-likeness (QED) is 0.480. The second kappa shape index (κ2) is 10.3. The van der Waals surface area contributed by atoms with Gasteiger partial charge in [-0.15, -0.1) is 0 Å². The molecule has 0 rings (SSSR count). The molecule has 0 spiro atoms.